The van der Waals surface area contributed by atoms with Crippen LogP contribution >= 0.6 is 23.2 Å². The summed E-state index contributed by atoms with van der Waals surface area (Å²) in [7, 11) is 0. The lowest BCUT2D eigenvalue weighted by Gasteiger charge is -2.25. The Balaban J connectivity index is 1.55. The van der Waals surface area contributed by atoms with Gasteiger partial charge in [-0.05, 0) is 48.5 Å². The number of nitrogens with zero attached hydrogens (tertiary/aromatic N) is 3. The van der Waals surface area contributed by atoms with Crippen molar-refractivity contribution in [1.29, 1.82) is 0 Å². The maximum Gasteiger partial charge on any atom is 0.254 e. The molecule has 2 unspecified atom stereocenters. The van der Waals surface area contributed by atoms with Crippen LogP contribution in [0.1, 0.15) is 12.8 Å². The van der Waals surface area contributed by atoms with Gasteiger partial charge in [0.2, 0.25) is 11.8 Å². The van der Waals surface area contributed by atoms with Gasteiger partial charge in [-0.1, -0.05) is 23.2 Å². The first kappa shape index (κ1) is 20.5. The number of hydroxylamine groups is 2. The van der Waals surface area contributed by atoms with Crippen LogP contribution in [0.15, 0.2) is 48.5 Å². The van der Waals surface area contributed by atoms with Crippen LogP contribution in [0.3, 0.4) is 0 Å². The van der Waals surface area contributed by atoms with Gasteiger partial charge in [-0.3, -0.25) is 19.2 Å². The van der Waals surface area contributed by atoms with E-state index in [0.29, 0.717) is 26.5 Å². The number of rotatable bonds is 4. The first-order valence-electron chi connectivity index (χ1n) is 9.00. The van der Waals surface area contributed by atoms with Crippen molar-refractivity contribution in [2.24, 2.45) is 0 Å². The summed E-state index contributed by atoms with van der Waals surface area (Å²) in [4.78, 5) is 52.4. The number of amides is 4. The highest BCUT2D eigenvalue weighted by atomic mass is 35.5. The number of hydrogen-bond donors (Lipinski definition) is 1. The summed E-state index contributed by atoms with van der Waals surface area (Å²) in [6, 6.07) is 9.61. The Morgan fingerprint density at radius 2 is 1.03 bits per heavy atom. The Morgan fingerprint density at radius 1 is 0.700 bits per heavy atom. The van der Waals surface area contributed by atoms with E-state index in [9.17, 15) is 24.4 Å². The van der Waals surface area contributed by atoms with Crippen LogP contribution in [0.25, 0.3) is 0 Å². The van der Waals surface area contributed by atoms with E-state index in [0.717, 1.165) is 9.80 Å². The predicted octanol–water partition coefficient (Wildman–Crippen LogP) is 2.65. The Morgan fingerprint density at radius 3 is 1.37 bits per heavy atom. The average molecular weight is 448 g/mol. The second-order valence-electron chi connectivity index (χ2n) is 6.91. The van der Waals surface area contributed by atoms with Gasteiger partial charge in [0.1, 0.15) is 12.1 Å². The minimum Gasteiger partial charge on any atom is -0.312 e. The smallest absolute Gasteiger partial charge is 0.254 e. The van der Waals surface area contributed by atoms with E-state index in [2.05, 4.69) is 0 Å². The van der Waals surface area contributed by atoms with Gasteiger partial charge >= 0.3 is 0 Å². The van der Waals surface area contributed by atoms with Crippen molar-refractivity contribution in [1.82, 2.24) is 5.06 Å². The van der Waals surface area contributed by atoms with Gasteiger partial charge in [0.05, 0.1) is 24.2 Å². The van der Waals surface area contributed by atoms with E-state index in [1.807, 2.05) is 0 Å². The summed E-state index contributed by atoms with van der Waals surface area (Å²) in [6.07, 6.45) is -0.645. The molecule has 2 aliphatic heterocycles. The van der Waals surface area contributed by atoms with Crippen LogP contribution in [0.4, 0.5) is 11.4 Å². The summed E-state index contributed by atoms with van der Waals surface area (Å²) in [6.45, 7) is 0. The third-order valence-electron chi connectivity index (χ3n) is 5.05. The molecule has 2 aromatic carbocycles. The number of carbonyl (C=O) groups is 4. The van der Waals surface area contributed by atoms with Gasteiger partial charge in [0.15, 0.2) is 0 Å². The van der Waals surface area contributed by atoms with Crippen molar-refractivity contribution in [3.8, 4) is 0 Å². The van der Waals surface area contributed by atoms with Crippen LogP contribution in [0, 0.1) is 0 Å². The quantitative estimate of drug-likeness (QED) is 0.571. The molecule has 4 rings (SSSR count). The maximum atomic E-state index is 12.8. The molecule has 0 aliphatic carbocycles. The van der Waals surface area contributed by atoms with Gasteiger partial charge in [-0.2, -0.15) is 5.06 Å². The van der Waals surface area contributed by atoms with Crippen LogP contribution < -0.4 is 9.80 Å². The Kier molecular flexibility index (Phi) is 5.33. The molecular weight excluding hydrogens is 433 g/mol. The topological polar surface area (TPSA) is 98.2 Å². The Labute approximate surface area is 181 Å². The first-order valence-corrected chi connectivity index (χ1v) is 9.75. The molecule has 0 aromatic heterocycles. The molecular formula is C20H15Cl2N3O5. The molecule has 154 valence electrons. The van der Waals surface area contributed by atoms with E-state index in [4.69, 9.17) is 23.2 Å². The lowest BCUT2D eigenvalue weighted by Crippen LogP contribution is -2.49. The van der Waals surface area contributed by atoms with Gasteiger partial charge in [-0.15, -0.1) is 0 Å². The predicted molar refractivity (Wildman–Crippen MR) is 108 cm³/mol. The molecule has 0 spiro atoms. The number of benzene rings is 2. The SMILES string of the molecule is O=C1CC(N(O)C2CC(=O)N(c3ccc(Cl)cc3)C2=O)C(=O)N1c1ccc(Cl)cc1. The maximum absolute atomic E-state index is 12.8. The van der Waals surface area contributed by atoms with Crippen LogP contribution in [0.5, 0.6) is 0 Å². The molecule has 2 saturated heterocycles. The lowest BCUT2D eigenvalue weighted by molar-refractivity contribution is -0.172. The summed E-state index contributed by atoms with van der Waals surface area (Å²) in [5.41, 5.74) is 0.615. The zero-order valence-corrected chi connectivity index (χ0v) is 16.9. The summed E-state index contributed by atoms with van der Waals surface area (Å²) in [5, 5.41) is 12.0. The fourth-order valence-corrected chi connectivity index (χ4v) is 3.84. The minimum absolute atomic E-state index is 0.307. The molecule has 4 amide bonds. The molecule has 10 heteroatoms. The Hall–Kier alpha value is -2.78. The fraction of sp³-hybridized carbons (Fsp3) is 0.200. The van der Waals surface area contributed by atoms with E-state index < -0.39 is 35.7 Å². The third-order valence-corrected chi connectivity index (χ3v) is 5.56. The second kappa shape index (κ2) is 7.81. The number of carbonyl (C=O) groups excluding carboxylic acids is 4. The second-order valence-corrected chi connectivity index (χ2v) is 7.78. The molecule has 2 fully saturated rings. The molecule has 2 heterocycles. The monoisotopic (exact) mass is 447 g/mol. The van der Waals surface area contributed by atoms with Gasteiger partial charge < -0.3 is 5.21 Å². The van der Waals surface area contributed by atoms with Crippen molar-refractivity contribution < 1.29 is 24.4 Å². The molecule has 1 N–H and O–H groups in total. The molecule has 0 radical (unpaired) electrons. The summed E-state index contributed by atoms with van der Waals surface area (Å²) >= 11 is 11.7. The zero-order valence-electron chi connectivity index (χ0n) is 15.4. The zero-order chi connectivity index (χ0) is 21.6. The van der Waals surface area contributed by atoms with Crippen molar-refractivity contribution in [3.05, 3.63) is 58.6 Å². The van der Waals surface area contributed by atoms with E-state index >= 15 is 0 Å². The molecule has 2 aromatic rings. The van der Waals surface area contributed by atoms with Crippen LogP contribution in [-0.2, 0) is 19.2 Å². The molecule has 0 saturated carbocycles. The molecule has 2 atom stereocenters. The van der Waals surface area contributed by atoms with Gasteiger partial charge in [-0.25, -0.2) is 9.80 Å². The van der Waals surface area contributed by atoms with Crippen LogP contribution in [0.2, 0.25) is 10.0 Å². The number of hydrogen-bond acceptors (Lipinski definition) is 6. The summed E-state index contributed by atoms with van der Waals surface area (Å²) < 4.78 is 0. The standard InChI is InChI=1S/C20H15Cl2N3O5/c21-11-1-5-13(6-2-11)23-17(26)9-15(19(23)28)25(30)16-10-18(27)24(20(16)29)14-7-3-12(22)4-8-14/h1-8,15-16,30H,9-10H2. The van der Waals surface area contributed by atoms with Crippen molar-refractivity contribution in [2.75, 3.05) is 9.80 Å². The third kappa shape index (κ3) is 3.48. The summed E-state index contributed by atoms with van der Waals surface area (Å²) in [5.74, 6) is -2.43. The highest BCUT2D eigenvalue weighted by Gasteiger charge is 2.50. The van der Waals surface area contributed by atoms with Crippen molar-refractivity contribution in [2.45, 2.75) is 24.9 Å². The minimum atomic E-state index is -1.28. The van der Waals surface area contributed by atoms with E-state index in [1.54, 1.807) is 0 Å². The molecule has 8 nitrogen and oxygen atoms in total. The molecule has 0 bridgehead atoms. The first-order chi connectivity index (χ1) is 14.3. The van der Waals surface area contributed by atoms with Gasteiger partial charge in [0, 0.05) is 10.0 Å². The number of anilines is 2. The normalized spacial score (nSPS) is 22.0. The van der Waals surface area contributed by atoms with Crippen LogP contribution in [-0.4, -0.2) is 46.0 Å². The lowest BCUT2D eigenvalue weighted by atomic mass is 10.1. The highest BCUT2D eigenvalue weighted by Crippen LogP contribution is 2.31. The fourth-order valence-electron chi connectivity index (χ4n) is 3.59. The Bertz CT molecular complexity index is 958. The largest absolute Gasteiger partial charge is 0.312 e. The van der Waals surface area contributed by atoms with E-state index in [-0.39, 0.29) is 12.8 Å². The van der Waals surface area contributed by atoms with Crippen molar-refractivity contribution in [3.63, 3.8) is 0 Å². The number of halogens is 2. The average Bonchev–Trinajstić information content (AvgIpc) is 3.18. The number of imide groups is 2. The molecule has 2 aliphatic rings. The highest BCUT2D eigenvalue weighted by molar-refractivity contribution is 6.31. The molecule has 30 heavy (non-hydrogen) atoms. The van der Waals surface area contributed by atoms with E-state index in [1.165, 1.54) is 48.5 Å². The van der Waals surface area contributed by atoms with Crippen molar-refractivity contribution >= 4 is 58.2 Å². The van der Waals surface area contributed by atoms with Gasteiger partial charge in [0.25, 0.3) is 11.8 Å².